The molecule has 16 heteroatoms. The number of piperazine rings is 1. The molecule has 2 saturated heterocycles. The van der Waals surface area contributed by atoms with Crippen molar-refractivity contribution in [1.82, 2.24) is 24.4 Å². The van der Waals surface area contributed by atoms with Crippen LogP contribution >= 0.6 is 11.3 Å². The van der Waals surface area contributed by atoms with Gasteiger partial charge in [0.2, 0.25) is 33.5 Å². The number of nitrogens with two attached hydrogens (primary N) is 2. The number of carbonyl (C=O) groups excluding carboxylic acids is 4. The summed E-state index contributed by atoms with van der Waals surface area (Å²) in [6.45, 7) is 0.540. The Morgan fingerprint density at radius 3 is 2.49 bits per heavy atom. The van der Waals surface area contributed by atoms with Gasteiger partial charge < -0.3 is 26.6 Å². The predicted molar refractivity (Wildman–Crippen MR) is 169 cm³/mol. The first-order valence-electron chi connectivity index (χ1n) is 14.9. The van der Waals surface area contributed by atoms with Crippen molar-refractivity contribution in [3.8, 4) is 0 Å². The summed E-state index contributed by atoms with van der Waals surface area (Å²) in [7, 11) is -3.99. The van der Waals surface area contributed by atoms with E-state index < -0.39 is 52.4 Å². The summed E-state index contributed by atoms with van der Waals surface area (Å²) in [5, 5.41) is 4.54. The lowest BCUT2D eigenvalue weighted by Gasteiger charge is -2.40. The minimum absolute atomic E-state index is 0.0597. The number of amides is 3. The minimum Gasteiger partial charge on any atom is -0.390 e. The molecule has 2 fully saturated rings. The lowest BCUT2D eigenvalue weighted by Crippen LogP contribution is -2.61. The largest absolute Gasteiger partial charge is 0.390 e. The van der Waals surface area contributed by atoms with Crippen LogP contribution in [0.2, 0.25) is 0 Å². The Kier molecular flexibility index (Phi) is 12.2. The SMILES string of the molecule is NC=NC(N)CC[C@H](NC(=O)CN1CCN(S(=O)(=O)Cc2ccccc2)[C@H](CC(=O)N2CCCCC2)C1=O)C(=O)c1nccs1. The van der Waals surface area contributed by atoms with Crippen molar-refractivity contribution in [2.24, 2.45) is 16.5 Å². The monoisotopic (exact) mass is 660 g/mol. The molecule has 244 valence electrons. The first-order chi connectivity index (χ1) is 21.6. The number of aromatic nitrogens is 1. The van der Waals surface area contributed by atoms with Gasteiger partial charge in [-0.1, -0.05) is 30.3 Å². The molecule has 0 saturated carbocycles. The first-order valence-corrected chi connectivity index (χ1v) is 17.4. The topological polar surface area (TPSA) is 201 Å². The normalized spacial score (nSPS) is 19.4. The molecule has 14 nitrogen and oxygen atoms in total. The van der Waals surface area contributed by atoms with Crippen molar-refractivity contribution in [3.05, 3.63) is 52.5 Å². The smallest absolute Gasteiger partial charge is 0.242 e. The van der Waals surface area contributed by atoms with Gasteiger partial charge in [-0.05, 0) is 37.7 Å². The standard InChI is InChI=1S/C29H40N8O6S2/c30-20-33-24(31)10-9-22(27(40)28-32-11-16-44-28)34-25(38)18-36-14-15-37(45(42,43)19-21-7-3-1-4-8-21)23(29(36)41)17-26(39)35-12-5-2-6-13-35/h1,3-4,7-8,11,16,20,22-24H,2,5-6,9-10,12-15,17-19,31H2,(H2,30,33)(H,34,38)/t22-,23+,24?/m0/s1. The van der Waals surface area contributed by atoms with E-state index in [1.54, 1.807) is 40.6 Å². The van der Waals surface area contributed by atoms with Crippen LogP contribution in [0.15, 0.2) is 46.9 Å². The van der Waals surface area contributed by atoms with Gasteiger partial charge in [-0.15, -0.1) is 11.3 Å². The zero-order chi connectivity index (χ0) is 32.4. The van der Waals surface area contributed by atoms with Crippen LogP contribution in [0.25, 0.3) is 0 Å². The number of thiazole rings is 1. The molecule has 0 aliphatic carbocycles. The maximum Gasteiger partial charge on any atom is 0.242 e. The second-order valence-electron chi connectivity index (χ2n) is 11.0. The number of ketones is 1. The molecule has 3 heterocycles. The molecule has 3 amide bonds. The van der Waals surface area contributed by atoms with Crippen LogP contribution in [-0.4, -0.2) is 108 Å². The number of aliphatic imine (C=N–C) groups is 1. The number of nitrogens with zero attached hydrogens (tertiary/aromatic N) is 5. The molecule has 2 aromatic rings. The Morgan fingerprint density at radius 2 is 1.82 bits per heavy atom. The first kappa shape index (κ1) is 34.1. The highest BCUT2D eigenvalue weighted by Gasteiger charge is 2.43. The Labute approximate surface area is 266 Å². The van der Waals surface area contributed by atoms with Crippen molar-refractivity contribution >= 4 is 51.2 Å². The zero-order valence-corrected chi connectivity index (χ0v) is 26.6. The van der Waals surface area contributed by atoms with E-state index >= 15 is 0 Å². The number of Topliss-reactive ketones (excluding diaryl/α,β-unsaturated/α-hetero) is 1. The molecule has 1 aromatic heterocycles. The number of carbonyl (C=O) groups is 4. The van der Waals surface area contributed by atoms with Gasteiger partial charge in [0, 0.05) is 37.8 Å². The average molecular weight is 661 g/mol. The highest BCUT2D eigenvalue weighted by Crippen LogP contribution is 2.23. The van der Waals surface area contributed by atoms with Crippen molar-refractivity contribution in [1.29, 1.82) is 0 Å². The van der Waals surface area contributed by atoms with Crippen molar-refractivity contribution < 1.29 is 27.6 Å². The number of nitrogens with one attached hydrogen (secondary N) is 1. The molecular formula is C29H40N8O6S2. The summed E-state index contributed by atoms with van der Waals surface area (Å²) in [4.78, 5) is 64.3. The van der Waals surface area contributed by atoms with E-state index in [2.05, 4.69) is 15.3 Å². The van der Waals surface area contributed by atoms with Crippen molar-refractivity contribution in [3.63, 3.8) is 0 Å². The number of rotatable bonds is 14. The molecular weight excluding hydrogens is 621 g/mol. The molecule has 45 heavy (non-hydrogen) atoms. The van der Waals surface area contributed by atoms with Gasteiger partial charge in [0.1, 0.15) is 6.04 Å². The summed E-state index contributed by atoms with van der Waals surface area (Å²) in [5.74, 6) is -2.29. The predicted octanol–water partition coefficient (Wildman–Crippen LogP) is 0.308. The van der Waals surface area contributed by atoms with Crippen LogP contribution in [0, 0.1) is 0 Å². The van der Waals surface area contributed by atoms with Gasteiger partial charge in [-0.2, -0.15) is 4.31 Å². The van der Waals surface area contributed by atoms with E-state index in [4.69, 9.17) is 11.5 Å². The Hall–Kier alpha value is -3.73. The summed E-state index contributed by atoms with van der Waals surface area (Å²) >= 11 is 1.13. The van der Waals surface area contributed by atoms with Gasteiger partial charge in [0.25, 0.3) is 0 Å². The molecule has 0 bridgehead atoms. The Balaban J connectivity index is 1.49. The number of piperidine rings is 1. The number of hydrogen-bond acceptors (Lipinski definition) is 10. The molecule has 0 radical (unpaired) electrons. The average Bonchev–Trinajstić information content (AvgIpc) is 3.57. The van der Waals surface area contributed by atoms with E-state index in [-0.39, 0.29) is 49.0 Å². The number of sulfonamides is 1. The molecule has 5 N–H and O–H groups in total. The van der Waals surface area contributed by atoms with Gasteiger partial charge in [-0.25, -0.2) is 13.4 Å². The Bertz CT molecular complexity index is 1450. The molecule has 1 aromatic carbocycles. The van der Waals surface area contributed by atoms with E-state index in [1.807, 2.05) is 0 Å². The van der Waals surface area contributed by atoms with E-state index in [1.165, 1.54) is 11.1 Å². The van der Waals surface area contributed by atoms with Crippen LogP contribution in [0.1, 0.15) is 53.9 Å². The molecule has 0 spiro atoms. The van der Waals surface area contributed by atoms with Crippen LogP contribution in [0.4, 0.5) is 0 Å². The number of hydrogen-bond donors (Lipinski definition) is 3. The highest BCUT2D eigenvalue weighted by molar-refractivity contribution is 7.88. The van der Waals surface area contributed by atoms with Gasteiger partial charge in [0.15, 0.2) is 5.01 Å². The third-order valence-electron chi connectivity index (χ3n) is 7.82. The van der Waals surface area contributed by atoms with Crippen LogP contribution in [0.3, 0.4) is 0 Å². The van der Waals surface area contributed by atoms with E-state index in [9.17, 15) is 27.6 Å². The summed E-state index contributed by atoms with van der Waals surface area (Å²) in [6.07, 6.45) is 4.63. The molecule has 3 atom stereocenters. The minimum atomic E-state index is -3.99. The maximum absolute atomic E-state index is 13.8. The summed E-state index contributed by atoms with van der Waals surface area (Å²) in [5.41, 5.74) is 11.8. The fourth-order valence-electron chi connectivity index (χ4n) is 5.50. The number of likely N-dealkylation sites (tertiary alicyclic amines) is 1. The highest BCUT2D eigenvalue weighted by atomic mass is 32.2. The van der Waals surface area contributed by atoms with Crippen LogP contribution < -0.4 is 16.8 Å². The molecule has 2 aliphatic rings. The van der Waals surface area contributed by atoms with Gasteiger partial charge in [-0.3, -0.25) is 24.2 Å². The van der Waals surface area contributed by atoms with Crippen LogP contribution in [0.5, 0.6) is 0 Å². The second kappa shape index (κ2) is 16.0. The summed E-state index contributed by atoms with van der Waals surface area (Å²) in [6, 6.07) is 6.34. The van der Waals surface area contributed by atoms with Crippen molar-refractivity contribution in [2.45, 2.75) is 62.5 Å². The quantitative estimate of drug-likeness (QED) is 0.145. The number of benzene rings is 1. The fourth-order valence-corrected chi connectivity index (χ4v) is 7.83. The lowest BCUT2D eigenvalue weighted by atomic mass is 10.1. The third kappa shape index (κ3) is 9.39. The maximum atomic E-state index is 13.8. The van der Waals surface area contributed by atoms with Crippen LogP contribution in [-0.2, 0) is 30.2 Å². The molecule has 2 aliphatic heterocycles. The van der Waals surface area contributed by atoms with E-state index in [0.29, 0.717) is 18.7 Å². The second-order valence-corrected chi connectivity index (χ2v) is 13.9. The lowest BCUT2D eigenvalue weighted by molar-refractivity contribution is -0.146. The summed E-state index contributed by atoms with van der Waals surface area (Å²) < 4.78 is 28.3. The third-order valence-corrected chi connectivity index (χ3v) is 10.5. The molecule has 1 unspecified atom stereocenters. The fraction of sp³-hybridized carbons (Fsp3) is 0.517. The zero-order valence-electron chi connectivity index (χ0n) is 25.0. The Morgan fingerprint density at radius 1 is 1.09 bits per heavy atom. The van der Waals surface area contributed by atoms with Crippen molar-refractivity contribution in [2.75, 3.05) is 32.7 Å². The molecule has 4 rings (SSSR count). The van der Waals surface area contributed by atoms with Gasteiger partial charge >= 0.3 is 0 Å². The van der Waals surface area contributed by atoms with Gasteiger partial charge in [0.05, 0.1) is 37.3 Å². The van der Waals surface area contributed by atoms with E-state index in [0.717, 1.165) is 41.2 Å².